The molecule has 0 aliphatic rings. The molecule has 2 rings (SSSR count). The number of carbonyl (C=O) groups excluding carboxylic acids is 1. The van der Waals surface area contributed by atoms with Crippen molar-refractivity contribution in [3.8, 4) is 5.75 Å². The molecule has 0 heterocycles. The number of benzene rings is 2. The first-order valence-electron chi connectivity index (χ1n) is 7.57. The van der Waals surface area contributed by atoms with Crippen molar-refractivity contribution in [2.45, 2.75) is 33.6 Å². The van der Waals surface area contributed by atoms with Crippen LogP contribution in [0.1, 0.15) is 36.5 Å². The molecule has 22 heavy (non-hydrogen) atoms. The normalized spacial score (nSPS) is 10.6. The summed E-state index contributed by atoms with van der Waals surface area (Å²) in [5.41, 5.74) is 4.13. The van der Waals surface area contributed by atoms with Gasteiger partial charge in [-0.2, -0.15) is 0 Å². The highest BCUT2D eigenvalue weighted by Crippen LogP contribution is 2.27. The molecule has 0 saturated heterocycles. The fourth-order valence-electron chi connectivity index (χ4n) is 2.38. The van der Waals surface area contributed by atoms with Crippen molar-refractivity contribution in [3.05, 3.63) is 59.2 Å². The summed E-state index contributed by atoms with van der Waals surface area (Å²) in [5, 5.41) is 2.99. The van der Waals surface area contributed by atoms with Gasteiger partial charge in [-0.15, -0.1) is 0 Å². The molecule has 0 aromatic heterocycles. The van der Waals surface area contributed by atoms with Gasteiger partial charge in [0.2, 0.25) is 0 Å². The molecule has 3 nitrogen and oxygen atoms in total. The Labute approximate surface area is 132 Å². The van der Waals surface area contributed by atoms with Crippen LogP contribution < -0.4 is 10.1 Å². The van der Waals surface area contributed by atoms with Gasteiger partial charge < -0.3 is 10.1 Å². The van der Waals surface area contributed by atoms with Crippen LogP contribution in [0.4, 0.5) is 5.69 Å². The molecule has 0 radical (unpaired) electrons. The molecule has 0 unspecified atom stereocenters. The zero-order chi connectivity index (χ0) is 16.1. The molecular formula is C19H23NO2. The van der Waals surface area contributed by atoms with Crippen LogP contribution in [0.15, 0.2) is 42.5 Å². The molecule has 0 fully saturated rings. The first-order valence-corrected chi connectivity index (χ1v) is 7.57. The van der Waals surface area contributed by atoms with E-state index >= 15 is 0 Å². The van der Waals surface area contributed by atoms with Crippen molar-refractivity contribution in [3.63, 3.8) is 0 Å². The fourth-order valence-corrected chi connectivity index (χ4v) is 2.38. The third-order valence-corrected chi connectivity index (χ3v) is 3.64. The fraction of sp³-hybridized carbons (Fsp3) is 0.316. The second kappa shape index (κ2) is 7.12. The molecule has 2 aromatic carbocycles. The van der Waals surface area contributed by atoms with Gasteiger partial charge in [0, 0.05) is 5.69 Å². The Kier molecular flexibility index (Phi) is 5.21. The molecule has 1 amide bonds. The lowest BCUT2D eigenvalue weighted by molar-refractivity contribution is -0.118. The predicted molar refractivity (Wildman–Crippen MR) is 90.6 cm³/mol. The van der Waals surface area contributed by atoms with Crippen LogP contribution in [0, 0.1) is 13.8 Å². The van der Waals surface area contributed by atoms with Crippen molar-refractivity contribution >= 4 is 11.6 Å². The molecule has 3 heteroatoms. The Balaban J connectivity index is 2.05. The van der Waals surface area contributed by atoms with Crippen LogP contribution in [0.5, 0.6) is 5.75 Å². The van der Waals surface area contributed by atoms with Crippen molar-refractivity contribution in [1.82, 2.24) is 0 Å². The number of amides is 1. The van der Waals surface area contributed by atoms with Crippen molar-refractivity contribution in [2.24, 2.45) is 0 Å². The third kappa shape index (κ3) is 3.88. The molecule has 1 N–H and O–H groups in total. The first kappa shape index (κ1) is 16.1. The highest BCUT2D eigenvalue weighted by atomic mass is 16.5. The van der Waals surface area contributed by atoms with Crippen molar-refractivity contribution < 1.29 is 9.53 Å². The monoisotopic (exact) mass is 297 g/mol. The smallest absolute Gasteiger partial charge is 0.262 e. The van der Waals surface area contributed by atoms with Crippen LogP contribution in [0.25, 0.3) is 0 Å². The highest BCUT2D eigenvalue weighted by Gasteiger charge is 2.12. The van der Waals surface area contributed by atoms with Crippen LogP contribution in [-0.4, -0.2) is 12.5 Å². The van der Waals surface area contributed by atoms with Gasteiger partial charge in [0.1, 0.15) is 5.75 Å². The number of aryl methyl sites for hydroxylation is 2. The maximum Gasteiger partial charge on any atom is 0.262 e. The van der Waals surface area contributed by atoms with E-state index in [0.29, 0.717) is 5.92 Å². The van der Waals surface area contributed by atoms with Crippen molar-refractivity contribution in [1.29, 1.82) is 0 Å². The van der Waals surface area contributed by atoms with E-state index in [1.165, 1.54) is 0 Å². The number of para-hydroxylation sites is 2. The summed E-state index contributed by atoms with van der Waals surface area (Å²) in [6.07, 6.45) is 0. The lowest BCUT2D eigenvalue weighted by Crippen LogP contribution is -2.22. The Hall–Kier alpha value is -2.29. The lowest BCUT2D eigenvalue weighted by atomic mass is 9.98. The van der Waals surface area contributed by atoms with Gasteiger partial charge >= 0.3 is 0 Å². The standard InChI is InChI=1S/C19H23NO2/c1-13(2)16-10-7-9-15(4)19(16)20-18(21)12-22-17-11-6-5-8-14(17)3/h5-11,13H,12H2,1-4H3,(H,20,21). The minimum atomic E-state index is -0.139. The number of hydrogen-bond donors (Lipinski definition) is 1. The number of ether oxygens (including phenoxy) is 1. The van der Waals surface area contributed by atoms with Gasteiger partial charge in [-0.25, -0.2) is 0 Å². The summed E-state index contributed by atoms with van der Waals surface area (Å²) in [5.74, 6) is 0.957. The molecule has 2 aromatic rings. The van der Waals surface area contributed by atoms with E-state index < -0.39 is 0 Å². The average molecular weight is 297 g/mol. The quantitative estimate of drug-likeness (QED) is 0.885. The number of nitrogens with one attached hydrogen (secondary N) is 1. The van der Waals surface area contributed by atoms with E-state index in [-0.39, 0.29) is 12.5 Å². The van der Waals surface area contributed by atoms with Gasteiger partial charge in [0.15, 0.2) is 6.61 Å². The van der Waals surface area contributed by atoms with E-state index in [1.807, 2.05) is 50.2 Å². The van der Waals surface area contributed by atoms with Crippen molar-refractivity contribution in [2.75, 3.05) is 11.9 Å². The second-order valence-electron chi connectivity index (χ2n) is 5.80. The predicted octanol–water partition coefficient (Wildman–Crippen LogP) is 4.44. The van der Waals surface area contributed by atoms with Gasteiger partial charge in [-0.05, 0) is 42.5 Å². The topological polar surface area (TPSA) is 38.3 Å². The van der Waals surface area contributed by atoms with Gasteiger partial charge in [0.25, 0.3) is 5.91 Å². The SMILES string of the molecule is Cc1ccccc1OCC(=O)Nc1c(C)cccc1C(C)C. The number of rotatable bonds is 5. The Bertz CT molecular complexity index is 662. The third-order valence-electron chi connectivity index (χ3n) is 3.64. The number of hydrogen-bond acceptors (Lipinski definition) is 2. The zero-order valence-electron chi connectivity index (χ0n) is 13.6. The van der Waals surface area contributed by atoms with Gasteiger partial charge in [-0.1, -0.05) is 50.2 Å². The maximum absolute atomic E-state index is 12.2. The molecule has 0 saturated carbocycles. The molecule has 116 valence electrons. The molecule has 0 atom stereocenters. The Morgan fingerprint density at radius 1 is 1.05 bits per heavy atom. The molecule has 0 spiro atoms. The zero-order valence-corrected chi connectivity index (χ0v) is 13.6. The highest BCUT2D eigenvalue weighted by molar-refractivity contribution is 5.93. The summed E-state index contributed by atoms with van der Waals surface area (Å²) >= 11 is 0. The van der Waals surface area contributed by atoms with Crippen LogP contribution >= 0.6 is 0 Å². The van der Waals surface area contributed by atoms with E-state index in [1.54, 1.807) is 0 Å². The number of carbonyl (C=O) groups is 1. The summed E-state index contributed by atoms with van der Waals surface area (Å²) in [6, 6.07) is 13.8. The minimum Gasteiger partial charge on any atom is -0.483 e. The Morgan fingerprint density at radius 2 is 1.73 bits per heavy atom. The first-order chi connectivity index (χ1) is 10.5. The Morgan fingerprint density at radius 3 is 2.41 bits per heavy atom. The van der Waals surface area contributed by atoms with E-state index in [4.69, 9.17) is 4.74 Å². The second-order valence-corrected chi connectivity index (χ2v) is 5.80. The minimum absolute atomic E-state index is 0.0106. The molecular weight excluding hydrogens is 274 g/mol. The average Bonchev–Trinajstić information content (AvgIpc) is 2.48. The maximum atomic E-state index is 12.2. The lowest BCUT2D eigenvalue weighted by Gasteiger charge is -2.16. The summed E-state index contributed by atoms with van der Waals surface area (Å²) < 4.78 is 5.60. The molecule has 0 aliphatic carbocycles. The molecule has 0 bridgehead atoms. The number of anilines is 1. The molecule has 0 aliphatic heterocycles. The summed E-state index contributed by atoms with van der Waals surface area (Å²) in [4.78, 5) is 12.2. The largest absolute Gasteiger partial charge is 0.483 e. The summed E-state index contributed by atoms with van der Waals surface area (Å²) in [7, 11) is 0. The van der Waals surface area contributed by atoms with Crippen LogP contribution in [0.3, 0.4) is 0 Å². The van der Waals surface area contributed by atoms with E-state index in [2.05, 4.69) is 25.2 Å². The van der Waals surface area contributed by atoms with Crippen LogP contribution in [-0.2, 0) is 4.79 Å². The van der Waals surface area contributed by atoms with E-state index in [9.17, 15) is 4.79 Å². The van der Waals surface area contributed by atoms with Gasteiger partial charge in [-0.3, -0.25) is 4.79 Å². The van der Waals surface area contributed by atoms with E-state index in [0.717, 1.165) is 28.1 Å². The summed E-state index contributed by atoms with van der Waals surface area (Å²) in [6.45, 7) is 8.22. The van der Waals surface area contributed by atoms with Gasteiger partial charge in [0.05, 0.1) is 0 Å². The van der Waals surface area contributed by atoms with Crippen LogP contribution in [0.2, 0.25) is 0 Å².